The highest BCUT2D eigenvalue weighted by Crippen LogP contribution is 2.24. The van der Waals surface area contributed by atoms with Gasteiger partial charge in [0, 0.05) is 24.6 Å². The molecular formula is C21H22FN3O5S. The van der Waals surface area contributed by atoms with Gasteiger partial charge in [-0.05, 0) is 44.0 Å². The number of ketones is 1. The van der Waals surface area contributed by atoms with Crippen LogP contribution in [0.2, 0.25) is 0 Å². The third-order valence-corrected chi connectivity index (χ3v) is 7.02. The summed E-state index contributed by atoms with van der Waals surface area (Å²) in [6.45, 7) is 1.60. The molecule has 3 rings (SSSR count). The Morgan fingerprint density at radius 3 is 2.32 bits per heavy atom. The smallest absolute Gasteiger partial charge is 0.272 e. The van der Waals surface area contributed by atoms with Gasteiger partial charge in [-0.3, -0.25) is 25.2 Å². The fourth-order valence-corrected chi connectivity index (χ4v) is 4.83. The van der Waals surface area contributed by atoms with E-state index >= 15 is 0 Å². The molecule has 2 aromatic rings. The summed E-state index contributed by atoms with van der Waals surface area (Å²) in [5.74, 6) is -2.69. The average molecular weight is 447 g/mol. The largest absolute Gasteiger partial charge is 0.295 e. The second-order valence-electron chi connectivity index (χ2n) is 7.19. The number of sulfonamides is 1. The highest BCUT2D eigenvalue weighted by atomic mass is 32.2. The molecule has 0 atom stereocenters. The van der Waals surface area contributed by atoms with Crippen LogP contribution in [0.3, 0.4) is 0 Å². The monoisotopic (exact) mass is 447 g/mol. The molecule has 2 N–H and O–H groups in total. The number of Topliss-reactive ketones (excluding diaryl/α,β-unsaturated/α-hetero) is 1. The van der Waals surface area contributed by atoms with E-state index in [4.69, 9.17) is 0 Å². The van der Waals surface area contributed by atoms with Crippen molar-refractivity contribution in [1.82, 2.24) is 15.2 Å². The van der Waals surface area contributed by atoms with E-state index in [1.807, 2.05) is 0 Å². The molecule has 0 aromatic heterocycles. The highest BCUT2D eigenvalue weighted by Gasteiger charge is 2.32. The number of benzene rings is 2. The van der Waals surface area contributed by atoms with Crippen LogP contribution in [0.5, 0.6) is 0 Å². The molecule has 1 aliphatic rings. The standard InChI is InChI=1S/C21H22FN3O5S/c1-14(26)16-5-4-6-17(13-16)31(29,30)25-11-9-15(10-12-25)20(27)23-24-21(28)18-7-2-3-8-19(18)22/h2-8,13,15H,9-12H2,1H3,(H,23,27)(H,24,28). The van der Waals surface area contributed by atoms with Gasteiger partial charge >= 0.3 is 0 Å². The fourth-order valence-electron chi connectivity index (χ4n) is 3.32. The lowest BCUT2D eigenvalue weighted by Crippen LogP contribution is -2.48. The predicted octanol–water partition coefficient (Wildman–Crippen LogP) is 1.89. The molecule has 0 spiro atoms. The van der Waals surface area contributed by atoms with Gasteiger partial charge in [0.05, 0.1) is 10.5 Å². The Balaban J connectivity index is 1.57. The normalized spacial score (nSPS) is 15.3. The zero-order valence-electron chi connectivity index (χ0n) is 16.8. The van der Waals surface area contributed by atoms with Gasteiger partial charge in [0.25, 0.3) is 5.91 Å². The lowest BCUT2D eigenvalue weighted by molar-refractivity contribution is -0.126. The molecule has 8 nitrogen and oxygen atoms in total. The van der Waals surface area contributed by atoms with Crippen molar-refractivity contribution in [2.24, 2.45) is 5.92 Å². The van der Waals surface area contributed by atoms with E-state index in [9.17, 15) is 27.2 Å². The molecule has 1 saturated heterocycles. The minimum Gasteiger partial charge on any atom is -0.295 e. The third kappa shape index (κ3) is 5.15. The lowest BCUT2D eigenvalue weighted by atomic mass is 9.98. The quantitative estimate of drug-likeness (QED) is 0.537. The first-order valence-electron chi connectivity index (χ1n) is 9.66. The summed E-state index contributed by atoms with van der Waals surface area (Å²) in [5, 5.41) is 0. The van der Waals surface area contributed by atoms with Crippen molar-refractivity contribution in [3.05, 3.63) is 65.5 Å². The first-order chi connectivity index (χ1) is 14.7. The summed E-state index contributed by atoms with van der Waals surface area (Å²) in [5.41, 5.74) is 4.56. The summed E-state index contributed by atoms with van der Waals surface area (Å²) in [6.07, 6.45) is 0.514. The van der Waals surface area contributed by atoms with Crippen LogP contribution in [-0.2, 0) is 14.8 Å². The maximum absolute atomic E-state index is 13.6. The van der Waals surface area contributed by atoms with E-state index in [1.165, 1.54) is 47.6 Å². The third-order valence-electron chi connectivity index (χ3n) is 5.12. The maximum Gasteiger partial charge on any atom is 0.272 e. The molecule has 1 aliphatic heterocycles. The molecule has 0 unspecified atom stereocenters. The molecule has 0 bridgehead atoms. The zero-order chi connectivity index (χ0) is 22.6. The van der Waals surface area contributed by atoms with Gasteiger partial charge in [-0.25, -0.2) is 12.8 Å². The summed E-state index contributed by atoms with van der Waals surface area (Å²) < 4.78 is 40.6. The Labute approximate surface area is 179 Å². The minimum atomic E-state index is -3.80. The van der Waals surface area contributed by atoms with Crippen LogP contribution in [0.15, 0.2) is 53.4 Å². The zero-order valence-corrected chi connectivity index (χ0v) is 17.6. The van der Waals surface area contributed by atoms with Gasteiger partial charge < -0.3 is 0 Å². The molecule has 0 radical (unpaired) electrons. The van der Waals surface area contributed by atoms with Crippen molar-refractivity contribution in [3.8, 4) is 0 Å². The number of amides is 2. The SMILES string of the molecule is CC(=O)c1cccc(S(=O)(=O)N2CCC(C(=O)NNC(=O)c3ccccc3F)CC2)c1. The van der Waals surface area contributed by atoms with Crippen molar-refractivity contribution in [2.45, 2.75) is 24.7 Å². The van der Waals surface area contributed by atoms with Gasteiger partial charge in [-0.1, -0.05) is 24.3 Å². The van der Waals surface area contributed by atoms with E-state index < -0.39 is 33.6 Å². The Morgan fingerprint density at radius 1 is 1.00 bits per heavy atom. The average Bonchev–Trinajstić information content (AvgIpc) is 2.77. The summed E-state index contributed by atoms with van der Waals surface area (Å²) in [4.78, 5) is 35.9. The van der Waals surface area contributed by atoms with Crippen LogP contribution < -0.4 is 10.9 Å². The van der Waals surface area contributed by atoms with Crippen molar-refractivity contribution in [1.29, 1.82) is 0 Å². The van der Waals surface area contributed by atoms with E-state index in [0.29, 0.717) is 5.56 Å². The van der Waals surface area contributed by atoms with Crippen molar-refractivity contribution in [2.75, 3.05) is 13.1 Å². The van der Waals surface area contributed by atoms with E-state index in [1.54, 1.807) is 6.07 Å². The van der Waals surface area contributed by atoms with Crippen LogP contribution >= 0.6 is 0 Å². The summed E-state index contributed by atoms with van der Waals surface area (Å²) >= 11 is 0. The Kier molecular flexibility index (Phi) is 6.81. The van der Waals surface area contributed by atoms with Crippen LogP contribution in [0, 0.1) is 11.7 Å². The van der Waals surface area contributed by atoms with Crippen molar-refractivity contribution in [3.63, 3.8) is 0 Å². The molecule has 31 heavy (non-hydrogen) atoms. The molecule has 164 valence electrons. The van der Waals surface area contributed by atoms with E-state index in [0.717, 1.165) is 6.07 Å². The highest BCUT2D eigenvalue weighted by molar-refractivity contribution is 7.89. The number of carbonyl (C=O) groups is 3. The molecule has 1 fully saturated rings. The Hall–Kier alpha value is -3.11. The van der Waals surface area contributed by atoms with Crippen molar-refractivity contribution >= 4 is 27.6 Å². The van der Waals surface area contributed by atoms with Gasteiger partial charge in [-0.2, -0.15) is 4.31 Å². The number of hydrazine groups is 1. The van der Waals surface area contributed by atoms with Gasteiger partial charge in [0.15, 0.2) is 5.78 Å². The molecule has 2 aromatic carbocycles. The summed E-state index contributed by atoms with van der Waals surface area (Å²) in [6, 6.07) is 11.2. The first kappa shape index (κ1) is 22.6. The second kappa shape index (κ2) is 9.36. The van der Waals surface area contributed by atoms with Gasteiger partial charge in [0.1, 0.15) is 5.82 Å². The second-order valence-corrected chi connectivity index (χ2v) is 9.12. The van der Waals surface area contributed by atoms with Gasteiger partial charge in [-0.15, -0.1) is 0 Å². The van der Waals surface area contributed by atoms with Crippen LogP contribution in [-0.4, -0.2) is 43.4 Å². The number of carbonyl (C=O) groups excluding carboxylic acids is 3. The van der Waals surface area contributed by atoms with E-state index in [-0.39, 0.29) is 42.2 Å². The molecule has 0 aliphatic carbocycles. The molecule has 2 amide bonds. The van der Waals surface area contributed by atoms with Crippen LogP contribution in [0.4, 0.5) is 4.39 Å². The van der Waals surface area contributed by atoms with Gasteiger partial charge in [0.2, 0.25) is 15.9 Å². The molecule has 10 heteroatoms. The predicted molar refractivity (Wildman–Crippen MR) is 110 cm³/mol. The maximum atomic E-state index is 13.6. The van der Waals surface area contributed by atoms with Crippen LogP contribution in [0.25, 0.3) is 0 Å². The van der Waals surface area contributed by atoms with E-state index in [2.05, 4.69) is 10.9 Å². The lowest BCUT2D eigenvalue weighted by Gasteiger charge is -2.30. The number of nitrogens with zero attached hydrogens (tertiary/aromatic N) is 1. The Bertz CT molecular complexity index is 1110. The topological polar surface area (TPSA) is 113 Å². The number of halogens is 1. The number of nitrogens with one attached hydrogen (secondary N) is 2. The number of hydrogen-bond donors (Lipinski definition) is 2. The molecular weight excluding hydrogens is 425 g/mol. The number of rotatable bonds is 5. The number of piperidine rings is 1. The molecule has 1 heterocycles. The fraction of sp³-hybridized carbons (Fsp3) is 0.286. The minimum absolute atomic E-state index is 0.0280. The van der Waals surface area contributed by atoms with Crippen molar-refractivity contribution < 1.29 is 27.2 Å². The number of hydrogen-bond acceptors (Lipinski definition) is 5. The molecule has 0 saturated carbocycles. The first-order valence-corrected chi connectivity index (χ1v) is 11.1. The van der Waals surface area contributed by atoms with Crippen LogP contribution in [0.1, 0.15) is 40.5 Å². The Morgan fingerprint density at radius 2 is 1.68 bits per heavy atom. The summed E-state index contributed by atoms with van der Waals surface area (Å²) in [7, 11) is -3.80.